The van der Waals surface area contributed by atoms with Crippen molar-refractivity contribution in [3.8, 4) is 0 Å². The van der Waals surface area contributed by atoms with Gasteiger partial charge in [0.25, 0.3) is 10.1 Å². The summed E-state index contributed by atoms with van der Waals surface area (Å²) in [6.07, 6.45) is 0.881. The molecule has 1 N–H and O–H groups in total. The van der Waals surface area contributed by atoms with Gasteiger partial charge in [0.05, 0.1) is 5.56 Å². The zero-order chi connectivity index (χ0) is 14.7. The molecule has 5 nitrogen and oxygen atoms in total. The Morgan fingerprint density at radius 2 is 1.90 bits per heavy atom. The van der Waals surface area contributed by atoms with Crippen LogP contribution in [-0.2, 0) is 14.5 Å². The Kier molecular flexibility index (Phi) is 7.21. The Balaban J connectivity index is 0.00000361. The van der Waals surface area contributed by atoms with Gasteiger partial charge in [0.15, 0.2) is 0 Å². The first-order valence-electron chi connectivity index (χ1n) is 5.91. The summed E-state index contributed by atoms with van der Waals surface area (Å²) < 4.78 is 36.7. The van der Waals surface area contributed by atoms with Gasteiger partial charge in [0, 0.05) is 0 Å². The van der Waals surface area contributed by atoms with E-state index in [4.69, 9.17) is 8.98 Å². The van der Waals surface area contributed by atoms with Gasteiger partial charge in [-0.05, 0) is 17.2 Å². The van der Waals surface area contributed by atoms with Crippen LogP contribution in [0, 0.1) is 0 Å². The molecule has 108 valence electrons. The average molecular weight is 310 g/mol. The quantitative estimate of drug-likeness (QED) is 0.651. The van der Waals surface area contributed by atoms with Crippen LogP contribution >= 0.6 is 0 Å². The fourth-order valence-corrected chi connectivity index (χ4v) is 2.86. The van der Waals surface area contributed by atoms with Crippen molar-refractivity contribution < 1.29 is 22.2 Å². The summed E-state index contributed by atoms with van der Waals surface area (Å²) in [7, 11) is -5.56. The molecule has 0 aliphatic rings. The third kappa shape index (κ3) is 5.42. The van der Waals surface area contributed by atoms with E-state index in [1.54, 1.807) is 0 Å². The fraction of sp³-hybridized carbons (Fsp3) is 0.417. The maximum absolute atomic E-state index is 11.9. The van der Waals surface area contributed by atoms with Gasteiger partial charge in [0.1, 0.15) is 4.90 Å². The van der Waals surface area contributed by atoms with Crippen LogP contribution in [0.5, 0.6) is 0 Å². The molecule has 8 heteroatoms. The number of hydrogen-bond donors (Lipinski definition) is 1. The molecule has 0 aliphatic carbocycles. The number of carbonyl (C=O) groups is 1. The van der Waals surface area contributed by atoms with E-state index in [-0.39, 0.29) is 29.5 Å². The summed E-state index contributed by atoms with van der Waals surface area (Å²) in [5, 5.41) is -0.0390. The SMILES string of the molecule is CCC(C)(C)[SiH2]OC(=O)c1ccccc1S(=O)(=O)O.[LiH]. The summed E-state index contributed by atoms with van der Waals surface area (Å²) in [6.45, 7) is 6.01. The fourth-order valence-electron chi connectivity index (χ4n) is 1.30. The average Bonchev–Trinajstić information content (AvgIpc) is 2.35. The minimum atomic E-state index is -4.42. The van der Waals surface area contributed by atoms with Crippen LogP contribution in [0.2, 0.25) is 5.04 Å². The standard InChI is InChI=1S/C12H18O5SSi.Li.H/c1-4-12(2,3)19-17-11(13)9-7-5-6-8-10(9)18(14,15)16;;/h5-8H,4,19H2,1-3H3,(H,14,15,16);;. The van der Waals surface area contributed by atoms with Crippen LogP contribution in [-0.4, -0.2) is 47.6 Å². The zero-order valence-corrected chi connectivity index (χ0v) is 13.4. The van der Waals surface area contributed by atoms with Crippen LogP contribution in [0.4, 0.5) is 0 Å². The number of carbonyl (C=O) groups excluding carboxylic acids is 1. The van der Waals surface area contributed by atoms with Crippen LogP contribution in [0.25, 0.3) is 0 Å². The van der Waals surface area contributed by atoms with Crippen LogP contribution < -0.4 is 0 Å². The topological polar surface area (TPSA) is 80.7 Å². The number of benzene rings is 1. The van der Waals surface area contributed by atoms with Crippen molar-refractivity contribution in [3.63, 3.8) is 0 Å². The molecule has 0 heterocycles. The molecule has 0 spiro atoms. The summed E-state index contributed by atoms with van der Waals surface area (Å²) in [6, 6.07) is 5.47. The van der Waals surface area contributed by atoms with Crippen molar-refractivity contribution in [1.82, 2.24) is 0 Å². The summed E-state index contributed by atoms with van der Waals surface area (Å²) in [4.78, 5) is 11.5. The van der Waals surface area contributed by atoms with Crippen LogP contribution in [0.15, 0.2) is 29.2 Å². The van der Waals surface area contributed by atoms with E-state index in [1.807, 2.05) is 20.8 Å². The molecule has 0 saturated carbocycles. The van der Waals surface area contributed by atoms with Crippen molar-refractivity contribution in [3.05, 3.63) is 29.8 Å². The van der Waals surface area contributed by atoms with E-state index >= 15 is 0 Å². The molecule has 0 aliphatic heterocycles. The van der Waals surface area contributed by atoms with Crippen molar-refractivity contribution in [2.75, 3.05) is 0 Å². The molecule has 1 aromatic carbocycles. The number of rotatable bonds is 5. The molecular formula is C12H19LiO5SSi. The van der Waals surface area contributed by atoms with Crippen LogP contribution in [0.3, 0.4) is 0 Å². The molecule has 1 rings (SSSR count). The molecular weight excluding hydrogens is 291 g/mol. The summed E-state index contributed by atoms with van der Waals surface area (Å²) >= 11 is 0. The first-order valence-corrected chi connectivity index (χ1v) is 8.63. The molecule has 0 bridgehead atoms. The molecule has 0 aromatic heterocycles. The summed E-state index contributed by atoms with van der Waals surface area (Å²) in [5.41, 5.74) is -0.121. The first-order chi connectivity index (χ1) is 8.67. The van der Waals surface area contributed by atoms with Gasteiger partial charge in [-0.2, -0.15) is 8.42 Å². The monoisotopic (exact) mass is 310 g/mol. The summed E-state index contributed by atoms with van der Waals surface area (Å²) in [5.74, 6) is -0.693. The molecule has 0 amide bonds. The second kappa shape index (κ2) is 7.43. The van der Waals surface area contributed by atoms with Gasteiger partial charge in [0.2, 0.25) is 9.76 Å². The van der Waals surface area contributed by atoms with E-state index in [1.165, 1.54) is 24.3 Å². The predicted octanol–water partition coefficient (Wildman–Crippen LogP) is 1.13. The van der Waals surface area contributed by atoms with Crippen molar-refractivity contribution in [1.29, 1.82) is 0 Å². The Labute approximate surface area is 134 Å². The Bertz CT molecular complexity index is 571. The third-order valence-corrected chi connectivity index (χ3v) is 5.54. The maximum atomic E-state index is 11.9. The normalized spacial score (nSPS) is 12.2. The van der Waals surface area contributed by atoms with E-state index in [0.29, 0.717) is 0 Å². The van der Waals surface area contributed by atoms with E-state index < -0.39 is 30.7 Å². The minimum absolute atomic E-state index is 0. The van der Waals surface area contributed by atoms with Crippen molar-refractivity contribution in [2.24, 2.45) is 0 Å². The Morgan fingerprint density at radius 3 is 2.40 bits per heavy atom. The third-order valence-electron chi connectivity index (χ3n) is 2.94. The van der Waals surface area contributed by atoms with Gasteiger partial charge >= 0.3 is 24.8 Å². The Morgan fingerprint density at radius 1 is 1.35 bits per heavy atom. The second-order valence-corrected chi connectivity index (χ2v) is 8.95. The van der Waals surface area contributed by atoms with Crippen molar-refractivity contribution in [2.45, 2.75) is 37.1 Å². The number of hydrogen-bond acceptors (Lipinski definition) is 4. The van der Waals surface area contributed by atoms with Crippen LogP contribution in [0.1, 0.15) is 37.6 Å². The Hall–Kier alpha value is -0.586. The van der Waals surface area contributed by atoms with E-state index in [9.17, 15) is 13.2 Å². The molecule has 20 heavy (non-hydrogen) atoms. The molecule has 0 radical (unpaired) electrons. The van der Waals surface area contributed by atoms with Crippen molar-refractivity contribution >= 4 is 44.7 Å². The molecule has 1 aromatic rings. The van der Waals surface area contributed by atoms with Gasteiger partial charge in [-0.1, -0.05) is 39.3 Å². The van der Waals surface area contributed by atoms with Gasteiger partial charge in [-0.25, -0.2) is 4.79 Å². The molecule has 0 saturated heterocycles. The van der Waals surface area contributed by atoms with E-state index in [2.05, 4.69) is 0 Å². The van der Waals surface area contributed by atoms with Gasteiger partial charge < -0.3 is 4.43 Å². The zero-order valence-electron chi connectivity index (χ0n) is 11.2. The molecule has 0 fully saturated rings. The van der Waals surface area contributed by atoms with Gasteiger partial charge in [-0.3, -0.25) is 4.55 Å². The first kappa shape index (κ1) is 19.4. The second-order valence-electron chi connectivity index (χ2n) is 5.07. The van der Waals surface area contributed by atoms with E-state index in [0.717, 1.165) is 6.42 Å². The molecule has 0 unspecified atom stereocenters. The predicted molar refractivity (Wildman–Crippen MR) is 81.7 cm³/mol. The van der Waals surface area contributed by atoms with Gasteiger partial charge in [-0.15, -0.1) is 0 Å². The molecule has 0 atom stereocenters.